The molecule has 0 amide bonds. The van der Waals surface area contributed by atoms with Crippen molar-refractivity contribution in [2.75, 3.05) is 0 Å². The van der Waals surface area contributed by atoms with E-state index in [1.807, 2.05) is 6.07 Å². The van der Waals surface area contributed by atoms with E-state index in [4.69, 9.17) is 17.3 Å². The summed E-state index contributed by atoms with van der Waals surface area (Å²) in [5.74, 6) is 0. The fourth-order valence-electron chi connectivity index (χ4n) is 0.603. The highest BCUT2D eigenvalue weighted by Gasteiger charge is 2.01. The van der Waals surface area contributed by atoms with E-state index in [0.717, 1.165) is 9.26 Å². The van der Waals surface area contributed by atoms with Gasteiger partial charge in [0.05, 0.1) is 10.7 Å². The van der Waals surface area contributed by atoms with E-state index in [1.165, 1.54) is 0 Å². The Kier molecular flexibility index (Phi) is 2.88. The van der Waals surface area contributed by atoms with Gasteiger partial charge in [-0.15, -0.1) is 0 Å². The van der Waals surface area contributed by atoms with Crippen molar-refractivity contribution in [2.24, 2.45) is 5.73 Å². The number of hydrogen-bond acceptors (Lipinski definition) is 2. The van der Waals surface area contributed by atoms with Gasteiger partial charge in [-0.1, -0.05) is 11.6 Å². The zero-order chi connectivity index (χ0) is 7.56. The summed E-state index contributed by atoms with van der Waals surface area (Å²) in [5, 5.41) is 0.672. The largest absolute Gasteiger partial charge is 0.325 e. The third-order valence-corrected chi connectivity index (χ3v) is 2.75. The molecule has 0 unspecified atom stereocenters. The lowest BCUT2D eigenvalue weighted by Crippen LogP contribution is -2.00. The van der Waals surface area contributed by atoms with Crippen LogP contribution >= 0.6 is 34.2 Å². The van der Waals surface area contributed by atoms with Gasteiger partial charge in [0.25, 0.3) is 0 Å². The van der Waals surface area contributed by atoms with E-state index in [2.05, 4.69) is 27.6 Å². The number of nitrogens with two attached hydrogens (primary N) is 1. The van der Waals surface area contributed by atoms with E-state index in [0.29, 0.717) is 11.6 Å². The van der Waals surface area contributed by atoms with Crippen molar-refractivity contribution in [1.29, 1.82) is 0 Å². The lowest BCUT2D eigenvalue weighted by molar-refractivity contribution is 0.987. The van der Waals surface area contributed by atoms with Gasteiger partial charge in [-0.3, -0.25) is 4.98 Å². The Morgan fingerprint density at radius 2 is 2.40 bits per heavy atom. The summed E-state index contributed by atoms with van der Waals surface area (Å²) < 4.78 is 0.995. The van der Waals surface area contributed by atoms with Crippen LogP contribution in [0.25, 0.3) is 0 Å². The minimum absolute atomic E-state index is 0.398. The van der Waals surface area contributed by atoms with E-state index in [1.54, 1.807) is 6.20 Å². The maximum atomic E-state index is 5.84. The van der Waals surface area contributed by atoms with Crippen molar-refractivity contribution in [3.05, 3.63) is 26.5 Å². The number of aromatic nitrogens is 1. The Hall–Kier alpha value is 0.130. The zero-order valence-corrected chi connectivity index (χ0v) is 8.06. The highest BCUT2D eigenvalue weighted by molar-refractivity contribution is 14.1. The molecule has 0 aliphatic carbocycles. The second-order valence-corrected chi connectivity index (χ2v) is 3.30. The van der Waals surface area contributed by atoms with Crippen LogP contribution in [-0.4, -0.2) is 4.98 Å². The predicted octanol–water partition coefficient (Wildman–Crippen LogP) is 1.80. The SMILES string of the molecule is NCc1nccc(I)c1Cl. The molecule has 2 N–H and O–H groups in total. The maximum Gasteiger partial charge on any atom is 0.0768 e. The maximum absolute atomic E-state index is 5.84. The lowest BCUT2D eigenvalue weighted by Gasteiger charge is -1.99. The molecule has 0 atom stereocenters. The second-order valence-electron chi connectivity index (χ2n) is 1.76. The number of hydrogen-bond donors (Lipinski definition) is 1. The summed E-state index contributed by atoms with van der Waals surface area (Å²) in [6.45, 7) is 0.398. The van der Waals surface area contributed by atoms with Crippen molar-refractivity contribution in [3.63, 3.8) is 0 Å². The van der Waals surface area contributed by atoms with Crippen LogP contribution in [0.15, 0.2) is 12.3 Å². The monoisotopic (exact) mass is 268 g/mol. The van der Waals surface area contributed by atoms with Crippen LogP contribution in [0.3, 0.4) is 0 Å². The van der Waals surface area contributed by atoms with E-state index in [9.17, 15) is 0 Å². The van der Waals surface area contributed by atoms with Crippen molar-refractivity contribution < 1.29 is 0 Å². The topological polar surface area (TPSA) is 38.9 Å². The minimum atomic E-state index is 0.398. The first-order valence-corrected chi connectivity index (χ1v) is 4.20. The Bertz CT molecular complexity index is 239. The summed E-state index contributed by atoms with van der Waals surface area (Å²) in [4.78, 5) is 4.00. The van der Waals surface area contributed by atoms with Gasteiger partial charge in [0, 0.05) is 16.3 Å². The third-order valence-electron chi connectivity index (χ3n) is 1.11. The molecule has 1 heterocycles. The first-order chi connectivity index (χ1) is 4.75. The molecule has 0 aliphatic heterocycles. The smallest absolute Gasteiger partial charge is 0.0768 e. The van der Waals surface area contributed by atoms with Crippen molar-refractivity contribution in [1.82, 2.24) is 4.98 Å². The molecule has 0 aliphatic rings. The summed E-state index contributed by atoms with van der Waals surface area (Å²) in [6, 6.07) is 1.85. The number of rotatable bonds is 1. The summed E-state index contributed by atoms with van der Waals surface area (Å²) >= 11 is 7.99. The zero-order valence-electron chi connectivity index (χ0n) is 5.14. The molecule has 1 rings (SSSR count). The molecule has 10 heavy (non-hydrogen) atoms. The molecule has 0 bridgehead atoms. The molecule has 0 saturated heterocycles. The van der Waals surface area contributed by atoms with Gasteiger partial charge in [-0.05, 0) is 28.7 Å². The Morgan fingerprint density at radius 3 is 2.90 bits per heavy atom. The number of halogens is 2. The van der Waals surface area contributed by atoms with Gasteiger partial charge in [-0.2, -0.15) is 0 Å². The predicted molar refractivity (Wildman–Crippen MR) is 49.9 cm³/mol. The Morgan fingerprint density at radius 1 is 1.70 bits per heavy atom. The summed E-state index contributed by atoms with van der Waals surface area (Å²) in [6.07, 6.45) is 1.70. The van der Waals surface area contributed by atoms with Crippen LogP contribution < -0.4 is 5.73 Å². The van der Waals surface area contributed by atoms with Crippen LogP contribution in [-0.2, 0) is 6.54 Å². The highest BCUT2D eigenvalue weighted by atomic mass is 127. The molecule has 1 aromatic rings. The molecule has 0 spiro atoms. The molecule has 0 radical (unpaired) electrons. The number of nitrogens with zero attached hydrogens (tertiary/aromatic N) is 1. The first kappa shape index (κ1) is 8.23. The molecule has 54 valence electrons. The standard InChI is InChI=1S/C6H6ClIN2/c7-6-4(8)1-2-10-5(6)3-9/h1-2H,3,9H2. The molecule has 4 heteroatoms. The average molecular weight is 268 g/mol. The lowest BCUT2D eigenvalue weighted by atomic mass is 10.3. The van der Waals surface area contributed by atoms with Crippen LogP contribution in [0.5, 0.6) is 0 Å². The molecule has 2 nitrogen and oxygen atoms in total. The van der Waals surface area contributed by atoms with E-state index in [-0.39, 0.29) is 0 Å². The fraction of sp³-hybridized carbons (Fsp3) is 0.167. The van der Waals surface area contributed by atoms with E-state index < -0.39 is 0 Å². The summed E-state index contributed by atoms with van der Waals surface area (Å²) in [5.41, 5.74) is 6.13. The summed E-state index contributed by atoms with van der Waals surface area (Å²) in [7, 11) is 0. The fourth-order valence-corrected chi connectivity index (χ4v) is 1.26. The second kappa shape index (κ2) is 3.50. The Labute approximate surface area is 77.9 Å². The molecule has 0 aromatic carbocycles. The van der Waals surface area contributed by atoms with Crippen molar-refractivity contribution >= 4 is 34.2 Å². The highest BCUT2D eigenvalue weighted by Crippen LogP contribution is 2.19. The molecule has 0 fully saturated rings. The van der Waals surface area contributed by atoms with Crippen molar-refractivity contribution in [3.8, 4) is 0 Å². The van der Waals surface area contributed by atoms with Crippen molar-refractivity contribution in [2.45, 2.75) is 6.54 Å². The van der Waals surface area contributed by atoms with Gasteiger partial charge >= 0.3 is 0 Å². The van der Waals surface area contributed by atoms with Gasteiger partial charge in [0.2, 0.25) is 0 Å². The van der Waals surface area contributed by atoms with Gasteiger partial charge in [0.1, 0.15) is 0 Å². The first-order valence-electron chi connectivity index (χ1n) is 2.74. The normalized spacial score (nSPS) is 9.90. The van der Waals surface area contributed by atoms with Gasteiger partial charge < -0.3 is 5.73 Å². The van der Waals surface area contributed by atoms with Gasteiger partial charge in [-0.25, -0.2) is 0 Å². The molecular weight excluding hydrogens is 262 g/mol. The van der Waals surface area contributed by atoms with Crippen LogP contribution in [0, 0.1) is 3.57 Å². The molecule has 0 saturated carbocycles. The quantitative estimate of drug-likeness (QED) is 0.789. The van der Waals surface area contributed by atoms with Crippen LogP contribution in [0.4, 0.5) is 0 Å². The van der Waals surface area contributed by atoms with Crippen LogP contribution in [0.2, 0.25) is 5.02 Å². The van der Waals surface area contributed by atoms with Gasteiger partial charge in [0.15, 0.2) is 0 Å². The van der Waals surface area contributed by atoms with E-state index >= 15 is 0 Å². The third kappa shape index (κ3) is 1.59. The molecule has 1 aromatic heterocycles. The Balaban J connectivity index is 3.14. The van der Waals surface area contributed by atoms with Crippen LogP contribution in [0.1, 0.15) is 5.69 Å². The minimum Gasteiger partial charge on any atom is -0.325 e. The molecular formula is C6H6ClIN2. The number of pyridine rings is 1. The average Bonchev–Trinajstić information content (AvgIpc) is 1.95.